The molecule has 0 spiro atoms. The molecule has 0 fully saturated rings. The topological polar surface area (TPSA) is 80.9 Å². The van der Waals surface area contributed by atoms with Crippen molar-refractivity contribution >= 4 is 49.2 Å². The quantitative estimate of drug-likeness (QED) is 0.745. The van der Waals surface area contributed by atoms with Gasteiger partial charge in [0.15, 0.2) is 5.82 Å². The van der Waals surface area contributed by atoms with Gasteiger partial charge in [0.1, 0.15) is 0 Å². The zero-order chi connectivity index (χ0) is 15.6. The lowest BCUT2D eigenvalue weighted by Gasteiger charge is -2.14. The molecule has 21 heavy (non-hydrogen) atoms. The first kappa shape index (κ1) is 16.6. The number of carboxylic acid groups (broad SMARTS) is 1. The third-order valence-corrected chi connectivity index (χ3v) is 6.15. The van der Waals surface area contributed by atoms with E-state index >= 15 is 0 Å². The molecular formula is C12H14Br2N4O2S. The van der Waals surface area contributed by atoms with E-state index < -0.39 is 11.9 Å². The van der Waals surface area contributed by atoms with Crippen molar-refractivity contribution in [2.45, 2.75) is 26.8 Å². The number of thiophene rings is 1. The van der Waals surface area contributed by atoms with E-state index in [4.69, 9.17) is 0 Å². The average Bonchev–Trinajstić information content (AvgIpc) is 2.96. The van der Waals surface area contributed by atoms with Crippen molar-refractivity contribution in [3.8, 4) is 10.7 Å². The Kier molecular flexibility index (Phi) is 5.50. The summed E-state index contributed by atoms with van der Waals surface area (Å²) >= 11 is 8.35. The van der Waals surface area contributed by atoms with Crippen LogP contribution in [0.15, 0.2) is 14.3 Å². The fourth-order valence-electron chi connectivity index (χ4n) is 1.99. The molecule has 0 aromatic carbocycles. The van der Waals surface area contributed by atoms with Gasteiger partial charge in [-0.2, -0.15) is 0 Å². The van der Waals surface area contributed by atoms with Crippen molar-refractivity contribution < 1.29 is 9.90 Å². The molecule has 0 bridgehead atoms. The Hall–Kier alpha value is -0.800. The standard InChI is InChI=1S/C12H14Br2N4O2S/c1-6(2)3-7(12(19)20)5-18-11(15-16-17-18)9-4-8(13)10(14)21-9/h4,6-7H,3,5H2,1-2H3,(H,19,20). The van der Waals surface area contributed by atoms with Crippen molar-refractivity contribution in [2.75, 3.05) is 0 Å². The summed E-state index contributed by atoms with van der Waals surface area (Å²) in [6.45, 7) is 4.27. The Balaban J connectivity index is 2.25. The molecule has 2 heterocycles. The number of hydrogen-bond donors (Lipinski definition) is 1. The van der Waals surface area contributed by atoms with Crippen LogP contribution < -0.4 is 0 Å². The summed E-state index contributed by atoms with van der Waals surface area (Å²) in [5.74, 6) is -0.435. The van der Waals surface area contributed by atoms with Gasteiger partial charge in [0.25, 0.3) is 0 Å². The number of aromatic nitrogens is 4. The maximum atomic E-state index is 11.4. The number of carboxylic acids is 1. The number of aliphatic carboxylic acids is 1. The molecule has 0 saturated carbocycles. The molecule has 1 atom stereocenters. The van der Waals surface area contributed by atoms with Crippen LogP contribution in [0.25, 0.3) is 10.7 Å². The van der Waals surface area contributed by atoms with Crippen LogP contribution in [0.1, 0.15) is 20.3 Å². The van der Waals surface area contributed by atoms with Crippen LogP contribution in [0.3, 0.4) is 0 Å². The smallest absolute Gasteiger partial charge is 0.308 e. The van der Waals surface area contributed by atoms with E-state index in [0.717, 1.165) is 13.1 Å². The lowest BCUT2D eigenvalue weighted by Crippen LogP contribution is -2.23. The molecule has 6 nitrogen and oxygen atoms in total. The summed E-state index contributed by atoms with van der Waals surface area (Å²) in [5.41, 5.74) is 0. The highest BCUT2D eigenvalue weighted by Crippen LogP contribution is 2.37. The fourth-order valence-corrected chi connectivity index (χ4v) is 4.02. The lowest BCUT2D eigenvalue weighted by molar-refractivity contribution is -0.142. The number of halogens is 2. The molecular weight excluding hydrogens is 424 g/mol. The molecule has 9 heteroatoms. The minimum atomic E-state index is -0.821. The van der Waals surface area contributed by atoms with Gasteiger partial charge in [-0.25, -0.2) is 4.68 Å². The second-order valence-corrected chi connectivity index (χ2v) is 8.31. The van der Waals surface area contributed by atoms with Crippen LogP contribution in [0, 0.1) is 11.8 Å². The van der Waals surface area contributed by atoms with Crippen LogP contribution in [0.2, 0.25) is 0 Å². The molecule has 0 aliphatic rings. The van der Waals surface area contributed by atoms with Crippen LogP contribution in [-0.2, 0) is 11.3 Å². The van der Waals surface area contributed by atoms with Gasteiger partial charge in [-0.05, 0) is 60.7 Å². The zero-order valence-electron chi connectivity index (χ0n) is 11.5. The average molecular weight is 438 g/mol. The number of tetrazole rings is 1. The van der Waals surface area contributed by atoms with Crippen molar-refractivity contribution in [1.29, 1.82) is 0 Å². The molecule has 1 N–H and O–H groups in total. The zero-order valence-corrected chi connectivity index (χ0v) is 15.4. The van der Waals surface area contributed by atoms with Crippen molar-refractivity contribution in [3.05, 3.63) is 14.3 Å². The summed E-state index contributed by atoms with van der Waals surface area (Å²) in [6.07, 6.45) is 0.590. The predicted molar refractivity (Wildman–Crippen MR) is 87.1 cm³/mol. The van der Waals surface area contributed by atoms with E-state index in [-0.39, 0.29) is 6.54 Å². The molecule has 0 amide bonds. The van der Waals surface area contributed by atoms with Crippen LogP contribution in [0.4, 0.5) is 0 Å². The second kappa shape index (κ2) is 6.97. The predicted octanol–water partition coefficient (Wildman–Crippen LogP) is 3.67. The van der Waals surface area contributed by atoms with E-state index in [9.17, 15) is 9.90 Å². The molecule has 2 aromatic rings. The Morgan fingerprint density at radius 1 is 1.48 bits per heavy atom. The summed E-state index contributed by atoms with van der Waals surface area (Å²) in [4.78, 5) is 12.3. The molecule has 0 aliphatic heterocycles. The number of rotatable bonds is 6. The SMILES string of the molecule is CC(C)CC(Cn1nnnc1-c1cc(Br)c(Br)s1)C(=O)O. The summed E-state index contributed by atoms with van der Waals surface area (Å²) < 4.78 is 3.43. The minimum Gasteiger partial charge on any atom is -0.481 e. The minimum absolute atomic E-state index is 0.267. The van der Waals surface area contributed by atoms with Gasteiger partial charge in [-0.15, -0.1) is 16.4 Å². The van der Waals surface area contributed by atoms with Crippen molar-refractivity contribution in [1.82, 2.24) is 20.2 Å². The molecule has 1 unspecified atom stereocenters. The van der Waals surface area contributed by atoms with Gasteiger partial charge >= 0.3 is 5.97 Å². The lowest BCUT2D eigenvalue weighted by atomic mass is 9.97. The summed E-state index contributed by atoms with van der Waals surface area (Å²) in [5, 5.41) is 21.0. The van der Waals surface area contributed by atoms with Crippen LogP contribution >= 0.6 is 43.2 Å². The van der Waals surface area contributed by atoms with Crippen molar-refractivity contribution in [3.63, 3.8) is 0 Å². The van der Waals surface area contributed by atoms with Crippen LogP contribution in [0.5, 0.6) is 0 Å². The third-order valence-electron chi connectivity index (χ3n) is 2.90. The summed E-state index contributed by atoms with van der Waals surface area (Å²) in [6, 6.07) is 1.91. The Bertz CT molecular complexity index is 621. The number of nitrogens with zero attached hydrogens (tertiary/aromatic N) is 4. The van der Waals surface area contributed by atoms with Crippen LogP contribution in [-0.4, -0.2) is 31.3 Å². The molecule has 0 saturated heterocycles. The highest BCUT2D eigenvalue weighted by molar-refractivity contribution is 9.13. The monoisotopic (exact) mass is 436 g/mol. The third kappa shape index (κ3) is 4.10. The van der Waals surface area contributed by atoms with Gasteiger partial charge in [0.2, 0.25) is 0 Å². The van der Waals surface area contributed by atoms with Gasteiger partial charge in [0.05, 0.1) is 21.1 Å². The molecule has 114 valence electrons. The molecule has 2 aromatic heterocycles. The van der Waals surface area contributed by atoms with E-state index in [1.54, 1.807) is 4.68 Å². The Morgan fingerprint density at radius 2 is 2.19 bits per heavy atom. The van der Waals surface area contributed by atoms with Gasteiger partial charge < -0.3 is 5.11 Å². The first-order valence-electron chi connectivity index (χ1n) is 6.32. The first-order chi connectivity index (χ1) is 9.88. The highest BCUT2D eigenvalue weighted by Gasteiger charge is 2.23. The number of hydrogen-bond acceptors (Lipinski definition) is 5. The summed E-state index contributed by atoms with van der Waals surface area (Å²) in [7, 11) is 0. The second-order valence-electron chi connectivity index (χ2n) is 5.08. The van der Waals surface area contributed by atoms with Crippen molar-refractivity contribution in [2.24, 2.45) is 11.8 Å². The largest absolute Gasteiger partial charge is 0.481 e. The van der Waals surface area contributed by atoms with Gasteiger partial charge in [-0.1, -0.05) is 13.8 Å². The molecule has 0 radical (unpaired) electrons. The maximum absolute atomic E-state index is 11.4. The van der Waals surface area contributed by atoms with E-state index in [1.165, 1.54) is 11.3 Å². The van der Waals surface area contributed by atoms with E-state index in [1.807, 2.05) is 19.9 Å². The number of carbonyl (C=O) groups is 1. The maximum Gasteiger partial charge on any atom is 0.308 e. The van der Waals surface area contributed by atoms with E-state index in [0.29, 0.717) is 18.2 Å². The fraction of sp³-hybridized carbons (Fsp3) is 0.500. The molecule has 2 rings (SSSR count). The van der Waals surface area contributed by atoms with E-state index in [2.05, 4.69) is 47.4 Å². The van der Waals surface area contributed by atoms with Gasteiger partial charge in [-0.3, -0.25) is 4.79 Å². The Morgan fingerprint density at radius 3 is 2.71 bits per heavy atom. The van der Waals surface area contributed by atoms with Gasteiger partial charge in [0, 0.05) is 4.47 Å². The highest BCUT2D eigenvalue weighted by atomic mass is 79.9. The first-order valence-corrected chi connectivity index (χ1v) is 8.73. The molecule has 0 aliphatic carbocycles. The normalized spacial score (nSPS) is 12.8. The Labute approximate surface area is 142 Å².